The number of hydrogen-bond donors (Lipinski definition) is 2. The van der Waals surface area contributed by atoms with Crippen molar-refractivity contribution in [2.24, 2.45) is 0 Å². The third-order valence-corrected chi connectivity index (χ3v) is 2.58. The molecule has 0 fully saturated rings. The minimum atomic E-state index is -0.844. The smallest absolute Gasteiger partial charge is 0.303 e. The summed E-state index contributed by atoms with van der Waals surface area (Å²) < 4.78 is 1.83. The van der Waals surface area contributed by atoms with Crippen molar-refractivity contribution in [3.8, 4) is 0 Å². The van der Waals surface area contributed by atoms with Crippen LogP contribution in [0.15, 0.2) is 0 Å². The van der Waals surface area contributed by atoms with Crippen LogP contribution < -0.4 is 0 Å². The highest BCUT2D eigenvalue weighted by molar-refractivity contribution is 5.66. The molecule has 0 saturated heterocycles. The molecule has 1 atom stereocenters. The number of aliphatic hydroxyl groups is 1. The molecule has 0 spiro atoms. The summed E-state index contributed by atoms with van der Waals surface area (Å²) in [6, 6.07) is 0. The number of fused-ring (bicyclic) bond motifs is 1. The van der Waals surface area contributed by atoms with Gasteiger partial charge in [0.25, 0.3) is 0 Å². The Kier molecular flexibility index (Phi) is 2.68. The molecule has 2 heterocycles. The second-order valence-electron chi connectivity index (χ2n) is 3.68. The van der Waals surface area contributed by atoms with Crippen molar-refractivity contribution in [2.45, 2.75) is 38.3 Å². The lowest BCUT2D eigenvalue weighted by atomic mass is 10.1. The highest BCUT2D eigenvalue weighted by Crippen LogP contribution is 2.23. The van der Waals surface area contributed by atoms with Crippen LogP contribution in [0.1, 0.15) is 37.0 Å². The van der Waals surface area contributed by atoms with Crippen LogP contribution in [0.4, 0.5) is 0 Å². The summed E-state index contributed by atoms with van der Waals surface area (Å²) in [5, 5.41) is 26.0. The fraction of sp³-hybridized carbons (Fsp3) is 0.667. The van der Waals surface area contributed by atoms with Crippen molar-refractivity contribution in [1.82, 2.24) is 14.8 Å². The molecule has 1 aromatic heterocycles. The molecule has 0 aliphatic carbocycles. The summed E-state index contributed by atoms with van der Waals surface area (Å²) in [4.78, 5) is 10.4. The number of aliphatic hydroxyl groups excluding tert-OH is 1. The van der Waals surface area contributed by atoms with Gasteiger partial charge in [0.05, 0.1) is 6.42 Å². The molecule has 15 heavy (non-hydrogen) atoms. The Bertz CT molecular complexity index is 375. The zero-order valence-corrected chi connectivity index (χ0v) is 8.26. The van der Waals surface area contributed by atoms with Crippen molar-refractivity contribution in [1.29, 1.82) is 0 Å². The van der Waals surface area contributed by atoms with Gasteiger partial charge in [0, 0.05) is 13.0 Å². The first-order valence-corrected chi connectivity index (χ1v) is 5.00. The normalized spacial score (nSPS) is 19.9. The first-order valence-electron chi connectivity index (χ1n) is 5.00. The number of aryl methyl sites for hydroxylation is 1. The standard InChI is InChI=1S/C9H13N3O3/c13-6-2-1-5-12-7(3-4-8(14)15)10-11-9(6)12/h6,13H,1-5H2,(H,14,15). The minimum absolute atomic E-state index is 0.0498. The SMILES string of the molecule is O=C(O)CCc1nnc2n1CCCC2O. The molecular weight excluding hydrogens is 198 g/mol. The van der Waals surface area contributed by atoms with Gasteiger partial charge < -0.3 is 14.8 Å². The average Bonchev–Trinajstić information content (AvgIpc) is 2.59. The van der Waals surface area contributed by atoms with E-state index in [0.29, 0.717) is 24.5 Å². The number of carbonyl (C=O) groups is 1. The van der Waals surface area contributed by atoms with Crippen molar-refractivity contribution < 1.29 is 15.0 Å². The largest absolute Gasteiger partial charge is 0.481 e. The van der Waals surface area contributed by atoms with E-state index in [2.05, 4.69) is 10.2 Å². The lowest BCUT2D eigenvalue weighted by molar-refractivity contribution is -0.137. The quantitative estimate of drug-likeness (QED) is 0.741. The van der Waals surface area contributed by atoms with Crippen LogP contribution in [0.5, 0.6) is 0 Å². The van der Waals surface area contributed by atoms with E-state index < -0.39 is 12.1 Å². The highest BCUT2D eigenvalue weighted by Gasteiger charge is 2.23. The van der Waals surface area contributed by atoms with Crippen LogP contribution in [0.3, 0.4) is 0 Å². The number of aromatic nitrogens is 3. The van der Waals surface area contributed by atoms with E-state index in [4.69, 9.17) is 5.11 Å². The van der Waals surface area contributed by atoms with Crippen molar-refractivity contribution in [2.75, 3.05) is 0 Å². The Morgan fingerprint density at radius 3 is 3.07 bits per heavy atom. The molecule has 6 heteroatoms. The fourth-order valence-electron chi connectivity index (χ4n) is 1.81. The molecule has 6 nitrogen and oxygen atoms in total. The lowest BCUT2D eigenvalue weighted by Gasteiger charge is -2.19. The molecule has 0 saturated carbocycles. The number of carboxylic acid groups (broad SMARTS) is 1. The molecule has 0 radical (unpaired) electrons. The van der Waals surface area contributed by atoms with Crippen molar-refractivity contribution in [3.05, 3.63) is 11.6 Å². The topological polar surface area (TPSA) is 88.2 Å². The zero-order valence-electron chi connectivity index (χ0n) is 8.26. The summed E-state index contributed by atoms with van der Waals surface area (Å²) in [6.07, 6.45) is 1.46. The molecule has 2 rings (SSSR count). The molecule has 0 amide bonds. The third-order valence-electron chi connectivity index (χ3n) is 2.58. The molecule has 0 aromatic carbocycles. The van der Waals surface area contributed by atoms with Gasteiger partial charge in [-0.3, -0.25) is 4.79 Å². The molecule has 1 aromatic rings. The van der Waals surface area contributed by atoms with E-state index in [1.54, 1.807) is 0 Å². The maximum atomic E-state index is 10.4. The van der Waals surface area contributed by atoms with Gasteiger partial charge in [0.2, 0.25) is 0 Å². The molecule has 2 N–H and O–H groups in total. The summed E-state index contributed by atoms with van der Waals surface area (Å²) >= 11 is 0. The van der Waals surface area contributed by atoms with E-state index in [1.165, 1.54) is 0 Å². The zero-order chi connectivity index (χ0) is 10.8. The number of carboxylic acids is 1. The Hall–Kier alpha value is -1.43. The van der Waals surface area contributed by atoms with E-state index in [1.807, 2.05) is 4.57 Å². The summed E-state index contributed by atoms with van der Waals surface area (Å²) in [5.41, 5.74) is 0. The van der Waals surface area contributed by atoms with Crippen molar-refractivity contribution >= 4 is 5.97 Å². The van der Waals surface area contributed by atoms with E-state index in [0.717, 1.165) is 13.0 Å². The molecular formula is C9H13N3O3. The highest BCUT2D eigenvalue weighted by atomic mass is 16.4. The Labute approximate surface area is 86.6 Å². The van der Waals surface area contributed by atoms with Crippen LogP contribution in [-0.4, -0.2) is 30.9 Å². The van der Waals surface area contributed by atoms with Gasteiger partial charge >= 0.3 is 5.97 Å². The first-order chi connectivity index (χ1) is 7.18. The van der Waals surface area contributed by atoms with Gasteiger partial charge in [-0.1, -0.05) is 0 Å². The lowest BCUT2D eigenvalue weighted by Crippen LogP contribution is -2.17. The van der Waals surface area contributed by atoms with Gasteiger partial charge in [-0.05, 0) is 12.8 Å². The van der Waals surface area contributed by atoms with Crippen molar-refractivity contribution in [3.63, 3.8) is 0 Å². The summed E-state index contributed by atoms with van der Waals surface area (Å²) in [7, 11) is 0. The number of hydrogen-bond acceptors (Lipinski definition) is 4. The van der Waals surface area contributed by atoms with Crippen LogP contribution in [0.25, 0.3) is 0 Å². The van der Waals surface area contributed by atoms with Crippen LogP contribution >= 0.6 is 0 Å². The predicted molar refractivity (Wildman–Crippen MR) is 50.2 cm³/mol. The number of rotatable bonds is 3. The first kappa shape index (κ1) is 10.1. The van der Waals surface area contributed by atoms with Crippen LogP contribution in [0.2, 0.25) is 0 Å². The van der Waals surface area contributed by atoms with Gasteiger partial charge in [0.1, 0.15) is 11.9 Å². The average molecular weight is 211 g/mol. The number of aliphatic carboxylic acids is 1. The van der Waals surface area contributed by atoms with Gasteiger partial charge in [-0.25, -0.2) is 0 Å². The van der Waals surface area contributed by atoms with E-state index in [-0.39, 0.29) is 6.42 Å². The second kappa shape index (κ2) is 3.98. The monoisotopic (exact) mass is 211 g/mol. The molecule has 1 aliphatic rings. The Morgan fingerprint density at radius 1 is 1.53 bits per heavy atom. The summed E-state index contributed by atoms with van der Waals surface area (Å²) in [5.74, 6) is 0.386. The van der Waals surface area contributed by atoms with Crippen LogP contribution in [-0.2, 0) is 17.8 Å². The second-order valence-corrected chi connectivity index (χ2v) is 3.68. The van der Waals surface area contributed by atoms with Crippen LogP contribution in [0, 0.1) is 0 Å². The van der Waals surface area contributed by atoms with Gasteiger partial charge in [-0.15, -0.1) is 10.2 Å². The predicted octanol–water partition coefficient (Wildman–Crippen LogP) is 0.122. The fourth-order valence-corrected chi connectivity index (χ4v) is 1.81. The molecule has 1 aliphatic heterocycles. The Morgan fingerprint density at radius 2 is 2.33 bits per heavy atom. The molecule has 0 bridgehead atoms. The van der Waals surface area contributed by atoms with E-state index in [9.17, 15) is 9.90 Å². The molecule has 1 unspecified atom stereocenters. The van der Waals surface area contributed by atoms with Gasteiger partial charge in [0.15, 0.2) is 5.82 Å². The van der Waals surface area contributed by atoms with E-state index >= 15 is 0 Å². The van der Waals surface area contributed by atoms with Gasteiger partial charge in [-0.2, -0.15) is 0 Å². The third kappa shape index (κ3) is 1.99. The maximum absolute atomic E-state index is 10.4. The Balaban J connectivity index is 2.16. The number of nitrogens with zero attached hydrogens (tertiary/aromatic N) is 3. The minimum Gasteiger partial charge on any atom is -0.481 e. The summed E-state index contributed by atoms with van der Waals surface area (Å²) in [6.45, 7) is 0.772. The molecule has 82 valence electrons. The maximum Gasteiger partial charge on any atom is 0.303 e.